The van der Waals surface area contributed by atoms with E-state index in [9.17, 15) is 4.79 Å². The van der Waals surface area contributed by atoms with Gasteiger partial charge in [0, 0.05) is 30.2 Å². The summed E-state index contributed by atoms with van der Waals surface area (Å²) in [6.45, 7) is 17.3. The summed E-state index contributed by atoms with van der Waals surface area (Å²) in [4.78, 5) is 17.1. The highest BCUT2D eigenvalue weighted by Gasteiger charge is 2.17. The van der Waals surface area contributed by atoms with E-state index in [1.165, 1.54) is 11.1 Å². The third-order valence-electron chi connectivity index (χ3n) is 5.90. The smallest absolute Gasteiger partial charge is 0.272 e. The molecule has 1 N–H and O–H groups in total. The van der Waals surface area contributed by atoms with E-state index in [1.807, 2.05) is 18.3 Å². The van der Waals surface area contributed by atoms with Crippen LogP contribution in [0.15, 0.2) is 54.0 Å². The zero-order valence-electron chi connectivity index (χ0n) is 20.5. The van der Waals surface area contributed by atoms with Crippen molar-refractivity contribution in [3.63, 3.8) is 0 Å². The number of rotatable bonds is 6. The van der Waals surface area contributed by atoms with Gasteiger partial charge in [-0.05, 0) is 60.1 Å². The second-order valence-electron chi connectivity index (χ2n) is 9.60. The molecule has 1 heterocycles. The van der Waals surface area contributed by atoms with Crippen molar-refractivity contribution in [3.8, 4) is 11.3 Å². The Labute approximate surface area is 192 Å². The van der Waals surface area contributed by atoms with Gasteiger partial charge in [0.1, 0.15) is 5.69 Å². The first kappa shape index (κ1) is 23.5. The summed E-state index contributed by atoms with van der Waals surface area (Å²) < 4.78 is 1.63. The molecule has 0 aliphatic carbocycles. The van der Waals surface area contributed by atoms with Crippen molar-refractivity contribution in [3.05, 3.63) is 87.5 Å². The standard InChI is InChI=1S/C28H35N3O/c1-9-11-25-27(32)31(8)17-26(30-25)22-12-10-13-24(19(22)3)29-20(4)21-14-15-23(18(2)16-21)28(5,6)7/h10,12-17,29H,4,9,11H2,1-3,5-8H3. The number of aromatic nitrogens is 2. The molecule has 32 heavy (non-hydrogen) atoms. The fourth-order valence-corrected chi connectivity index (χ4v) is 4.17. The molecule has 0 radical (unpaired) electrons. The summed E-state index contributed by atoms with van der Waals surface area (Å²) in [6, 6.07) is 12.6. The van der Waals surface area contributed by atoms with Crippen LogP contribution in [0.4, 0.5) is 5.69 Å². The average molecular weight is 430 g/mol. The van der Waals surface area contributed by atoms with Gasteiger partial charge < -0.3 is 9.88 Å². The van der Waals surface area contributed by atoms with Gasteiger partial charge in [-0.25, -0.2) is 4.98 Å². The van der Waals surface area contributed by atoms with Crippen LogP contribution in [-0.4, -0.2) is 9.55 Å². The van der Waals surface area contributed by atoms with Crippen LogP contribution < -0.4 is 10.9 Å². The lowest BCUT2D eigenvalue weighted by Gasteiger charge is -2.23. The van der Waals surface area contributed by atoms with Gasteiger partial charge in [-0.2, -0.15) is 0 Å². The normalized spacial score (nSPS) is 11.5. The molecule has 0 unspecified atom stereocenters. The molecule has 2 aromatic carbocycles. The van der Waals surface area contributed by atoms with Gasteiger partial charge in [0.15, 0.2) is 0 Å². The molecule has 4 nitrogen and oxygen atoms in total. The number of benzene rings is 2. The van der Waals surface area contributed by atoms with Crippen molar-refractivity contribution in [2.24, 2.45) is 7.05 Å². The lowest BCUT2D eigenvalue weighted by atomic mass is 9.83. The predicted octanol–water partition coefficient (Wildman–Crippen LogP) is 6.40. The maximum Gasteiger partial charge on any atom is 0.272 e. The number of hydrogen-bond acceptors (Lipinski definition) is 3. The molecule has 0 spiro atoms. The number of hydrogen-bond donors (Lipinski definition) is 1. The molecule has 168 valence electrons. The van der Waals surface area contributed by atoms with Crippen LogP contribution in [0.25, 0.3) is 17.0 Å². The molecule has 4 heteroatoms. The summed E-state index contributed by atoms with van der Waals surface area (Å²) in [7, 11) is 1.79. The largest absolute Gasteiger partial charge is 0.355 e. The van der Waals surface area contributed by atoms with E-state index >= 15 is 0 Å². The van der Waals surface area contributed by atoms with Crippen LogP contribution in [0.5, 0.6) is 0 Å². The van der Waals surface area contributed by atoms with Crippen LogP contribution in [0.2, 0.25) is 0 Å². The topological polar surface area (TPSA) is 46.9 Å². The van der Waals surface area contributed by atoms with Crippen LogP contribution in [0, 0.1) is 13.8 Å². The molecule has 3 aromatic rings. The van der Waals surface area contributed by atoms with Crippen molar-refractivity contribution < 1.29 is 0 Å². The minimum atomic E-state index is -0.0232. The molecule has 0 aliphatic heterocycles. The first-order chi connectivity index (χ1) is 15.0. The summed E-state index contributed by atoms with van der Waals surface area (Å²) in [5.74, 6) is 0. The van der Waals surface area contributed by atoms with Crippen molar-refractivity contribution in [1.82, 2.24) is 9.55 Å². The molecular formula is C28H35N3O. The first-order valence-electron chi connectivity index (χ1n) is 11.3. The first-order valence-corrected chi connectivity index (χ1v) is 11.3. The molecule has 1 aromatic heterocycles. The van der Waals surface area contributed by atoms with Crippen LogP contribution >= 0.6 is 0 Å². The van der Waals surface area contributed by atoms with Crippen molar-refractivity contribution >= 4 is 11.4 Å². The molecule has 0 saturated carbocycles. The number of nitrogens with zero attached hydrogens (tertiary/aromatic N) is 2. The van der Waals surface area contributed by atoms with Crippen LogP contribution in [-0.2, 0) is 18.9 Å². The molecule has 0 saturated heterocycles. The zero-order valence-corrected chi connectivity index (χ0v) is 20.5. The van der Waals surface area contributed by atoms with Crippen molar-refractivity contribution in [2.45, 2.75) is 59.8 Å². The predicted molar refractivity (Wildman–Crippen MR) is 136 cm³/mol. The molecular weight excluding hydrogens is 394 g/mol. The Morgan fingerprint density at radius 2 is 1.88 bits per heavy atom. The van der Waals surface area contributed by atoms with E-state index in [0.717, 1.165) is 40.2 Å². The maximum absolute atomic E-state index is 12.4. The van der Waals surface area contributed by atoms with E-state index in [2.05, 4.69) is 77.7 Å². The van der Waals surface area contributed by atoms with Gasteiger partial charge in [-0.1, -0.05) is 65.0 Å². The molecule has 0 fully saturated rings. The number of nitrogens with one attached hydrogen (secondary N) is 1. The SMILES string of the molecule is C=C(Nc1cccc(-c2cn(C)c(=O)c(CCC)n2)c1C)c1ccc(C(C)(C)C)c(C)c1. The quantitative estimate of drug-likeness (QED) is 0.493. The van der Waals surface area contributed by atoms with Crippen molar-refractivity contribution in [1.29, 1.82) is 0 Å². The molecule has 0 aliphatic rings. The minimum absolute atomic E-state index is 0.0232. The van der Waals surface area contributed by atoms with E-state index in [1.54, 1.807) is 11.6 Å². The second kappa shape index (κ2) is 9.15. The Morgan fingerprint density at radius 1 is 1.16 bits per heavy atom. The van der Waals surface area contributed by atoms with Gasteiger partial charge in [0.25, 0.3) is 5.56 Å². The third-order valence-corrected chi connectivity index (χ3v) is 5.90. The van der Waals surface area contributed by atoms with Gasteiger partial charge in [-0.3, -0.25) is 4.79 Å². The van der Waals surface area contributed by atoms with Gasteiger partial charge >= 0.3 is 0 Å². The number of anilines is 1. The Bertz CT molecular complexity index is 1210. The Balaban J connectivity index is 1.94. The highest BCUT2D eigenvalue weighted by molar-refractivity contribution is 5.80. The molecule has 0 atom stereocenters. The van der Waals surface area contributed by atoms with Gasteiger partial charge in [-0.15, -0.1) is 0 Å². The fraction of sp³-hybridized carbons (Fsp3) is 0.357. The summed E-state index contributed by atoms with van der Waals surface area (Å²) in [5, 5.41) is 3.50. The lowest BCUT2D eigenvalue weighted by Crippen LogP contribution is -2.23. The van der Waals surface area contributed by atoms with Crippen LogP contribution in [0.1, 0.15) is 62.1 Å². The van der Waals surface area contributed by atoms with E-state index < -0.39 is 0 Å². The summed E-state index contributed by atoms with van der Waals surface area (Å²) >= 11 is 0. The van der Waals surface area contributed by atoms with E-state index in [4.69, 9.17) is 4.98 Å². The molecule has 0 amide bonds. The van der Waals surface area contributed by atoms with E-state index in [-0.39, 0.29) is 11.0 Å². The highest BCUT2D eigenvalue weighted by Crippen LogP contribution is 2.31. The average Bonchev–Trinajstić information content (AvgIpc) is 2.72. The summed E-state index contributed by atoms with van der Waals surface area (Å²) in [6.07, 6.45) is 3.38. The minimum Gasteiger partial charge on any atom is -0.355 e. The van der Waals surface area contributed by atoms with Gasteiger partial charge in [0.2, 0.25) is 0 Å². The zero-order chi connectivity index (χ0) is 23.6. The van der Waals surface area contributed by atoms with Crippen molar-refractivity contribution in [2.75, 3.05) is 5.32 Å². The molecule has 0 bridgehead atoms. The fourth-order valence-electron chi connectivity index (χ4n) is 4.17. The van der Waals surface area contributed by atoms with Gasteiger partial charge in [0.05, 0.1) is 5.69 Å². The highest BCUT2D eigenvalue weighted by atomic mass is 16.1. The second-order valence-corrected chi connectivity index (χ2v) is 9.60. The maximum atomic E-state index is 12.4. The van der Waals surface area contributed by atoms with Crippen LogP contribution in [0.3, 0.4) is 0 Å². The monoisotopic (exact) mass is 429 g/mol. The Hall–Kier alpha value is -3.14. The number of aryl methyl sites for hydroxylation is 3. The lowest BCUT2D eigenvalue weighted by molar-refractivity contribution is 0.586. The van der Waals surface area contributed by atoms with E-state index in [0.29, 0.717) is 12.1 Å². The Kier molecular flexibility index (Phi) is 6.73. The third kappa shape index (κ3) is 4.85. The summed E-state index contributed by atoms with van der Waals surface area (Å²) in [5.41, 5.74) is 9.12. The Morgan fingerprint density at radius 3 is 2.50 bits per heavy atom. The molecule has 3 rings (SSSR count).